The van der Waals surface area contributed by atoms with E-state index >= 15 is 0 Å². The van der Waals surface area contributed by atoms with Crippen molar-refractivity contribution in [3.8, 4) is 0 Å². The highest BCUT2D eigenvalue weighted by molar-refractivity contribution is 5.88. The van der Waals surface area contributed by atoms with Crippen LogP contribution in [0.4, 0.5) is 11.5 Å². The van der Waals surface area contributed by atoms with Gasteiger partial charge in [0, 0.05) is 12.7 Å². The predicted molar refractivity (Wildman–Crippen MR) is 85.2 cm³/mol. The molecule has 0 fully saturated rings. The number of hydrogen-bond acceptors (Lipinski definition) is 6. The van der Waals surface area contributed by atoms with Crippen LogP contribution >= 0.6 is 0 Å². The molecule has 3 aromatic heterocycles. The summed E-state index contributed by atoms with van der Waals surface area (Å²) in [5.74, 6) is 0.737. The predicted octanol–water partition coefficient (Wildman–Crippen LogP) is 1.75. The normalized spacial score (nSPS) is 11.0. The summed E-state index contributed by atoms with van der Waals surface area (Å²) in [4.78, 5) is 12.5. The van der Waals surface area contributed by atoms with Gasteiger partial charge in [-0.15, -0.1) is 0 Å². The van der Waals surface area contributed by atoms with E-state index in [1.807, 2.05) is 25.2 Å². The second-order valence-corrected chi connectivity index (χ2v) is 5.15. The average molecular weight is 306 g/mol. The van der Waals surface area contributed by atoms with E-state index in [0.717, 1.165) is 28.1 Å². The number of nitrogens with one attached hydrogen (secondary N) is 1. The lowest BCUT2D eigenvalue weighted by Crippen LogP contribution is -2.01. The largest absolute Gasteiger partial charge is 0.340 e. The second kappa shape index (κ2) is 5.48. The SMILES string of the molecule is Cn1ncc2c(Nc3cccc(Cn4cncn4)c3)ncnc21. The van der Waals surface area contributed by atoms with Crippen LogP contribution in [-0.4, -0.2) is 34.5 Å². The molecule has 0 radical (unpaired) electrons. The van der Waals surface area contributed by atoms with Crippen molar-refractivity contribution in [3.63, 3.8) is 0 Å². The quantitative estimate of drug-likeness (QED) is 0.618. The first kappa shape index (κ1) is 13.4. The van der Waals surface area contributed by atoms with Crippen molar-refractivity contribution in [2.75, 3.05) is 5.32 Å². The van der Waals surface area contributed by atoms with Crippen molar-refractivity contribution in [1.29, 1.82) is 0 Å². The molecular weight excluding hydrogens is 292 g/mol. The molecule has 0 aliphatic heterocycles. The summed E-state index contributed by atoms with van der Waals surface area (Å²) in [7, 11) is 1.86. The molecule has 8 nitrogen and oxygen atoms in total. The van der Waals surface area contributed by atoms with Gasteiger partial charge < -0.3 is 5.32 Å². The maximum Gasteiger partial charge on any atom is 0.163 e. The lowest BCUT2D eigenvalue weighted by atomic mass is 10.2. The van der Waals surface area contributed by atoms with Gasteiger partial charge >= 0.3 is 0 Å². The van der Waals surface area contributed by atoms with Gasteiger partial charge in [0.05, 0.1) is 18.1 Å². The molecule has 1 N–H and O–H groups in total. The molecule has 114 valence electrons. The third kappa shape index (κ3) is 2.61. The van der Waals surface area contributed by atoms with Crippen LogP contribution in [0.1, 0.15) is 5.56 Å². The minimum absolute atomic E-state index is 0.668. The number of anilines is 2. The van der Waals surface area contributed by atoms with Crippen LogP contribution in [0.3, 0.4) is 0 Å². The Morgan fingerprint density at radius 3 is 2.96 bits per heavy atom. The molecule has 4 aromatic rings. The lowest BCUT2D eigenvalue weighted by Gasteiger charge is -2.08. The smallest absolute Gasteiger partial charge is 0.163 e. The fraction of sp³-hybridized carbons (Fsp3) is 0.133. The van der Waals surface area contributed by atoms with Gasteiger partial charge in [0.15, 0.2) is 5.65 Å². The van der Waals surface area contributed by atoms with E-state index < -0.39 is 0 Å². The number of fused-ring (bicyclic) bond motifs is 1. The Bertz CT molecular complexity index is 941. The third-order valence-electron chi connectivity index (χ3n) is 3.53. The van der Waals surface area contributed by atoms with Crippen LogP contribution in [0.15, 0.2) is 49.4 Å². The maximum absolute atomic E-state index is 4.32. The number of nitrogens with zero attached hydrogens (tertiary/aromatic N) is 7. The van der Waals surface area contributed by atoms with E-state index in [4.69, 9.17) is 0 Å². The molecule has 1 aromatic carbocycles. The molecule has 4 rings (SSSR count). The van der Waals surface area contributed by atoms with Gasteiger partial charge in [0.1, 0.15) is 24.8 Å². The van der Waals surface area contributed by atoms with Crippen LogP contribution in [0.25, 0.3) is 11.0 Å². The highest BCUT2D eigenvalue weighted by Gasteiger charge is 2.08. The summed E-state index contributed by atoms with van der Waals surface area (Å²) in [6, 6.07) is 8.10. The van der Waals surface area contributed by atoms with Crippen molar-refractivity contribution >= 4 is 22.5 Å². The molecule has 0 aliphatic rings. The average Bonchev–Trinajstić information content (AvgIpc) is 3.19. The van der Waals surface area contributed by atoms with Crippen LogP contribution in [0.2, 0.25) is 0 Å². The van der Waals surface area contributed by atoms with E-state index in [9.17, 15) is 0 Å². The van der Waals surface area contributed by atoms with Gasteiger partial charge in [0.2, 0.25) is 0 Å². The van der Waals surface area contributed by atoms with Crippen LogP contribution in [0.5, 0.6) is 0 Å². The van der Waals surface area contributed by atoms with E-state index in [-0.39, 0.29) is 0 Å². The topological polar surface area (TPSA) is 86.3 Å². The first-order valence-corrected chi connectivity index (χ1v) is 7.11. The molecule has 0 unspecified atom stereocenters. The van der Waals surface area contributed by atoms with Gasteiger partial charge in [-0.3, -0.25) is 4.68 Å². The molecular formula is C15H14N8. The van der Waals surface area contributed by atoms with Crippen molar-refractivity contribution in [3.05, 3.63) is 55.0 Å². The van der Waals surface area contributed by atoms with E-state index in [1.54, 1.807) is 21.9 Å². The second-order valence-electron chi connectivity index (χ2n) is 5.15. The van der Waals surface area contributed by atoms with Crippen molar-refractivity contribution < 1.29 is 0 Å². The molecule has 0 saturated carbocycles. The van der Waals surface area contributed by atoms with E-state index in [0.29, 0.717) is 6.54 Å². The van der Waals surface area contributed by atoms with Crippen molar-refractivity contribution in [2.45, 2.75) is 6.54 Å². The van der Waals surface area contributed by atoms with Gasteiger partial charge in [-0.1, -0.05) is 12.1 Å². The van der Waals surface area contributed by atoms with Crippen LogP contribution in [0, 0.1) is 0 Å². The summed E-state index contributed by atoms with van der Waals surface area (Å²) < 4.78 is 3.51. The summed E-state index contributed by atoms with van der Waals surface area (Å²) in [5.41, 5.74) is 2.87. The fourth-order valence-electron chi connectivity index (χ4n) is 2.45. The van der Waals surface area contributed by atoms with E-state index in [2.05, 4.69) is 36.5 Å². The minimum atomic E-state index is 0.668. The van der Waals surface area contributed by atoms with Crippen molar-refractivity contribution in [2.24, 2.45) is 7.05 Å². The van der Waals surface area contributed by atoms with Gasteiger partial charge in [-0.05, 0) is 17.7 Å². The molecule has 0 atom stereocenters. The number of benzene rings is 1. The van der Waals surface area contributed by atoms with Crippen LogP contribution in [-0.2, 0) is 13.6 Å². The molecule has 0 aliphatic carbocycles. The summed E-state index contributed by atoms with van der Waals surface area (Å²) in [6.07, 6.45) is 6.52. The highest BCUT2D eigenvalue weighted by atomic mass is 15.3. The monoisotopic (exact) mass is 306 g/mol. The summed E-state index contributed by atoms with van der Waals surface area (Å²) in [5, 5.41) is 12.6. The first-order valence-electron chi connectivity index (χ1n) is 7.11. The molecule has 0 saturated heterocycles. The number of hydrogen-bond donors (Lipinski definition) is 1. The van der Waals surface area contributed by atoms with Gasteiger partial charge in [-0.2, -0.15) is 10.2 Å². The number of rotatable bonds is 4. The Hall–Kier alpha value is -3.29. The Morgan fingerprint density at radius 2 is 2.09 bits per heavy atom. The zero-order valence-corrected chi connectivity index (χ0v) is 12.5. The highest BCUT2D eigenvalue weighted by Crippen LogP contribution is 2.22. The standard InChI is InChI=1S/C15H14N8/c1-22-15-13(6-19-22)14(17-9-18-15)21-12-4-2-3-11(5-12)7-23-10-16-8-20-23/h2-6,8-10H,7H2,1H3,(H,17,18,21). The summed E-state index contributed by atoms with van der Waals surface area (Å²) >= 11 is 0. The Balaban J connectivity index is 1.63. The Morgan fingerprint density at radius 1 is 1.13 bits per heavy atom. The molecule has 0 spiro atoms. The molecule has 8 heteroatoms. The zero-order valence-electron chi connectivity index (χ0n) is 12.5. The van der Waals surface area contributed by atoms with E-state index in [1.165, 1.54) is 12.7 Å². The number of aromatic nitrogens is 7. The minimum Gasteiger partial charge on any atom is -0.340 e. The Kier molecular flexibility index (Phi) is 3.19. The number of aryl methyl sites for hydroxylation is 1. The van der Waals surface area contributed by atoms with Crippen LogP contribution < -0.4 is 5.32 Å². The van der Waals surface area contributed by atoms with Gasteiger partial charge in [-0.25, -0.2) is 19.6 Å². The molecule has 23 heavy (non-hydrogen) atoms. The van der Waals surface area contributed by atoms with Gasteiger partial charge in [0.25, 0.3) is 0 Å². The molecule has 0 bridgehead atoms. The molecule has 0 amide bonds. The van der Waals surface area contributed by atoms with Crippen molar-refractivity contribution in [1.82, 2.24) is 34.5 Å². The summed E-state index contributed by atoms with van der Waals surface area (Å²) in [6.45, 7) is 0.668. The Labute approximate surface area is 131 Å². The fourth-order valence-corrected chi connectivity index (χ4v) is 2.45. The lowest BCUT2D eigenvalue weighted by molar-refractivity contribution is 0.685. The maximum atomic E-state index is 4.32. The molecule has 3 heterocycles. The first-order chi connectivity index (χ1) is 11.3. The zero-order chi connectivity index (χ0) is 15.6. The third-order valence-corrected chi connectivity index (χ3v) is 3.53.